The first kappa shape index (κ1) is 11.8. The summed E-state index contributed by atoms with van der Waals surface area (Å²) in [4.78, 5) is 25.1. The van der Waals surface area contributed by atoms with Gasteiger partial charge in [0.25, 0.3) is 0 Å². The zero-order valence-electron chi connectivity index (χ0n) is 10.7. The Balaban J connectivity index is 1.87. The summed E-state index contributed by atoms with van der Waals surface area (Å²) in [6, 6.07) is 3.55. The van der Waals surface area contributed by atoms with Gasteiger partial charge in [-0.25, -0.2) is 14.8 Å². The van der Waals surface area contributed by atoms with Crippen LogP contribution in [0, 0.1) is 0 Å². The maximum atomic E-state index is 11.1. The Morgan fingerprint density at radius 3 is 2.76 bits per heavy atom. The molecule has 8 nitrogen and oxygen atoms in total. The summed E-state index contributed by atoms with van der Waals surface area (Å²) in [5.74, 6) is 0.566. The van der Waals surface area contributed by atoms with E-state index in [1.54, 1.807) is 12.1 Å². The van der Waals surface area contributed by atoms with E-state index in [1.807, 2.05) is 0 Å². The van der Waals surface area contributed by atoms with Gasteiger partial charge >= 0.3 is 5.97 Å². The van der Waals surface area contributed by atoms with Crippen molar-refractivity contribution in [2.45, 2.75) is 0 Å². The first-order valence-corrected chi connectivity index (χ1v) is 6.29. The number of hydrogen-bond donors (Lipinski definition) is 3. The predicted molar refractivity (Wildman–Crippen MR) is 71.6 cm³/mol. The molecule has 3 heterocycles. The fraction of sp³-hybridized carbons (Fsp3) is 0.154. The van der Waals surface area contributed by atoms with Crippen molar-refractivity contribution in [3.63, 3.8) is 0 Å². The second-order valence-corrected chi connectivity index (χ2v) is 4.53. The largest absolute Gasteiger partial charge is 0.486 e. The van der Waals surface area contributed by atoms with Crippen LogP contribution in [-0.2, 0) is 0 Å². The molecule has 0 saturated heterocycles. The molecule has 106 valence electrons. The number of carboxylic acid groups (broad SMARTS) is 1. The van der Waals surface area contributed by atoms with Crippen LogP contribution in [0.2, 0.25) is 0 Å². The molecule has 0 unspecified atom stereocenters. The van der Waals surface area contributed by atoms with Crippen LogP contribution in [0.5, 0.6) is 11.5 Å². The number of benzene rings is 1. The Labute approximate surface area is 117 Å². The minimum Gasteiger partial charge on any atom is -0.486 e. The normalized spacial score (nSPS) is 13.5. The van der Waals surface area contributed by atoms with Crippen molar-refractivity contribution in [2.75, 3.05) is 13.2 Å². The third-order valence-corrected chi connectivity index (χ3v) is 3.22. The topological polar surface area (TPSA) is 113 Å². The van der Waals surface area contributed by atoms with Crippen LogP contribution in [0.25, 0.3) is 22.6 Å². The van der Waals surface area contributed by atoms with Gasteiger partial charge in [-0.2, -0.15) is 0 Å². The van der Waals surface area contributed by atoms with Crippen LogP contribution in [0.1, 0.15) is 10.5 Å². The van der Waals surface area contributed by atoms with Gasteiger partial charge in [0.2, 0.25) is 0 Å². The van der Waals surface area contributed by atoms with Crippen molar-refractivity contribution in [1.82, 2.24) is 19.9 Å². The van der Waals surface area contributed by atoms with E-state index in [-0.39, 0.29) is 11.4 Å². The molecule has 1 aromatic carbocycles. The molecule has 0 spiro atoms. The molecular weight excluding hydrogens is 276 g/mol. The lowest BCUT2D eigenvalue weighted by Crippen LogP contribution is -2.15. The molecular formula is C13H10N4O4. The van der Waals surface area contributed by atoms with Crippen LogP contribution in [0.15, 0.2) is 18.5 Å². The van der Waals surface area contributed by atoms with Gasteiger partial charge in [-0.1, -0.05) is 0 Å². The average Bonchev–Trinajstić information content (AvgIpc) is 3.10. The molecule has 1 aliphatic heterocycles. The SMILES string of the molecule is O=C(O)c1[nH]cnc1-c1nc2cc3c(cc2[nH]1)OCCO3. The lowest BCUT2D eigenvalue weighted by atomic mass is 10.2. The highest BCUT2D eigenvalue weighted by molar-refractivity contribution is 5.93. The highest BCUT2D eigenvalue weighted by Crippen LogP contribution is 2.34. The standard InChI is InChI=1S/C13H10N4O4/c18-13(19)11-10(14-5-15-11)12-16-6-3-8-9(4-7(6)17-12)21-2-1-20-8/h3-5H,1-2H2,(H,14,15)(H,16,17)(H,18,19). The van der Waals surface area contributed by atoms with E-state index in [9.17, 15) is 4.79 Å². The molecule has 8 heteroatoms. The second kappa shape index (κ2) is 4.23. The average molecular weight is 286 g/mol. The molecule has 0 bridgehead atoms. The zero-order valence-corrected chi connectivity index (χ0v) is 10.7. The molecule has 0 amide bonds. The number of aromatic nitrogens is 4. The Bertz CT molecular complexity index is 808. The molecule has 0 fully saturated rings. The van der Waals surface area contributed by atoms with Gasteiger partial charge < -0.3 is 24.5 Å². The third-order valence-electron chi connectivity index (χ3n) is 3.22. The first-order valence-electron chi connectivity index (χ1n) is 6.29. The smallest absolute Gasteiger partial charge is 0.354 e. The fourth-order valence-corrected chi connectivity index (χ4v) is 2.30. The number of carboxylic acids is 1. The van der Waals surface area contributed by atoms with Crippen LogP contribution in [0.4, 0.5) is 0 Å². The lowest BCUT2D eigenvalue weighted by molar-refractivity contribution is 0.0692. The first-order chi connectivity index (χ1) is 10.2. The van der Waals surface area contributed by atoms with E-state index >= 15 is 0 Å². The van der Waals surface area contributed by atoms with Gasteiger partial charge in [-0.3, -0.25) is 0 Å². The summed E-state index contributed by atoms with van der Waals surface area (Å²) in [6.45, 7) is 1.00. The van der Waals surface area contributed by atoms with E-state index in [1.165, 1.54) is 6.33 Å². The number of rotatable bonds is 2. The molecule has 0 saturated carbocycles. The van der Waals surface area contributed by atoms with Gasteiger partial charge in [0, 0.05) is 12.1 Å². The highest BCUT2D eigenvalue weighted by atomic mass is 16.6. The molecule has 4 rings (SSSR count). The highest BCUT2D eigenvalue weighted by Gasteiger charge is 2.20. The van der Waals surface area contributed by atoms with E-state index in [0.29, 0.717) is 36.1 Å². The minimum atomic E-state index is -1.09. The van der Waals surface area contributed by atoms with Gasteiger partial charge in [0.1, 0.15) is 18.9 Å². The zero-order chi connectivity index (χ0) is 14.4. The van der Waals surface area contributed by atoms with Crippen LogP contribution in [0.3, 0.4) is 0 Å². The third kappa shape index (κ3) is 1.80. The number of ether oxygens (including phenoxy) is 2. The number of aromatic amines is 2. The second-order valence-electron chi connectivity index (χ2n) is 4.53. The molecule has 21 heavy (non-hydrogen) atoms. The number of aromatic carboxylic acids is 1. The Kier molecular flexibility index (Phi) is 2.37. The number of imidazole rings is 2. The van der Waals surface area contributed by atoms with Gasteiger partial charge in [-0.05, 0) is 0 Å². The molecule has 0 aliphatic carbocycles. The molecule has 3 aromatic rings. The number of fused-ring (bicyclic) bond motifs is 2. The summed E-state index contributed by atoms with van der Waals surface area (Å²) in [7, 11) is 0. The van der Waals surface area contributed by atoms with Crippen molar-refractivity contribution < 1.29 is 19.4 Å². The number of carbonyl (C=O) groups is 1. The molecule has 3 N–H and O–H groups in total. The van der Waals surface area contributed by atoms with Crippen molar-refractivity contribution in [1.29, 1.82) is 0 Å². The summed E-state index contributed by atoms with van der Waals surface area (Å²) < 4.78 is 11.0. The maximum Gasteiger partial charge on any atom is 0.354 e. The van der Waals surface area contributed by atoms with Gasteiger partial charge in [0.15, 0.2) is 23.0 Å². The fourth-order valence-electron chi connectivity index (χ4n) is 2.30. The van der Waals surface area contributed by atoms with Crippen molar-refractivity contribution >= 4 is 17.0 Å². The summed E-state index contributed by atoms with van der Waals surface area (Å²) in [5.41, 5.74) is 1.65. The van der Waals surface area contributed by atoms with Gasteiger partial charge in [-0.15, -0.1) is 0 Å². The summed E-state index contributed by atoms with van der Waals surface area (Å²) in [6.07, 6.45) is 1.32. The Morgan fingerprint density at radius 1 is 1.24 bits per heavy atom. The number of nitrogens with zero attached hydrogens (tertiary/aromatic N) is 2. The predicted octanol–water partition coefficient (Wildman–Crippen LogP) is 1.42. The summed E-state index contributed by atoms with van der Waals surface area (Å²) >= 11 is 0. The van der Waals surface area contributed by atoms with E-state index in [2.05, 4.69) is 19.9 Å². The number of H-pyrrole nitrogens is 2. The number of hydrogen-bond acceptors (Lipinski definition) is 5. The maximum absolute atomic E-state index is 11.1. The van der Waals surface area contributed by atoms with E-state index in [4.69, 9.17) is 14.6 Å². The minimum absolute atomic E-state index is 0.00804. The Morgan fingerprint density at radius 2 is 2.00 bits per heavy atom. The summed E-state index contributed by atoms with van der Waals surface area (Å²) in [5, 5.41) is 9.11. The van der Waals surface area contributed by atoms with Crippen LogP contribution < -0.4 is 9.47 Å². The Hall–Kier alpha value is -3.03. The number of nitrogens with one attached hydrogen (secondary N) is 2. The van der Waals surface area contributed by atoms with Crippen molar-refractivity contribution in [2.24, 2.45) is 0 Å². The van der Waals surface area contributed by atoms with E-state index in [0.717, 1.165) is 5.52 Å². The lowest BCUT2D eigenvalue weighted by Gasteiger charge is -2.17. The van der Waals surface area contributed by atoms with Crippen molar-refractivity contribution in [3.8, 4) is 23.0 Å². The quantitative estimate of drug-likeness (QED) is 0.656. The van der Waals surface area contributed by atoms with Gasteiger partial charge in [0.05, 0.1) is 17.4 Å². The molecule has 0 atom stereocenters. The molecule has 1 aliphatic rings. The van der Waals surface area contributed by atoms with Crippen LogP contribution in [-0.4, -0.2) is 44.2 Å². The molecule has 2 aromatic heterocycles. The molecule has 0 radical (unpaired) electrons. The monoisotopic (exact) mass is 286 g/mol. The van der Waals surface area contributed by atoms with Crippen LogP contribution >= 0.6 is 0 Å². The van der Waals surface area contributed by atoms with Crippen molar-refractivity contribution in [3.05, 3.63) is 24.2 Å². The van der Waals surface area contributed by atoms with E-state index < -0.39 is 5.97 Å².